The second-order valence-corrected chi connectivity index (χ2v) is 16.4. The summed E-state index contributed by atoms with van der Waals surface area (Å²) in [5.41, 5.74) is 0. The molecule has 0 radical (unpaired) electrons. The Kier molecular flexibility index (Phi) is 6.75. The molecule has 0 aliphatic rings. The minimum atomic E-state index is -1.97. The summed E-state index contributed by atoms with van der Waals surface area (Å²) in [5, 5.41) is 12.6. The Hall–Kier alpha value is -1.39. The predicted octanol–water partition coefficient (Wildman–Crippen LogP) is 6.38. The van der Waals surface area contributed by atoms with E-state index < -0.39 is 8.07 Å². The molecule has 1 N–H and O–H groups in total. The van der Waals surface area contributed by atoms with Crippen molar-refractivity contribution in [3.8, 4) is 11.5 Å². The van der Waals surface area contributed by atoms with E-state index in [-0.39, 0.29) is 10.1 Å². The van der Waals surface area contributed by atoms with Crippen LogP contribution in [0.15, 0.2) is 53.4 Å². The van der Waals surface area contributed by atoms with Crippen molar-refractivity contribution >= 4 is 25.0 Å². The number of rotatable bonds is 6. The van der Waals surface area contributed by atoms with Crippen LogP contribution < -0.4 is 9.92 Å². The third-order valence-electron chi connectivity index (χ3n) is 5.51. The Labute approximate surface area is 170 Å². The first-order valence-corrected chi connectivity index (χ1v) is 12.9. The van der Waals surface area contributed by atoms with Crippen molar-refractivity contribution in [3.63, 3.8) is 0 Å². The van der Waals surface area contributed by atoms with Crippen molar-refractivity contribution in [2.75, 3.05) is 12.0 Å². The van der Waals surface area contributed by atoms with Gasteiger partial charge >= 0.3 is 0 Å². The van der Waals surface area contributed by atoms with Gasteiger partial charge in [0.05, 0.1) is 6.61 Å². The van der Waals surface area contributed by atoms with Crippen LogP contribution in [0.1, 0.15) is 48.5 Å². The van der Waals surface area contributed by atoms with Gasteiger partial charge in [-0.2, -0.15) is 0 Å². The summed E-state index contributed by atoms with van der Waals surface area (Å²) in [4.78, 5) is 1.21. The fourth-order valence-electron chi connectivity index (χ4n) is 4.24. The van der Waals surface area contributed by atoms with Crippen LogP contribution in [0.3, 0.4) is 0 Å². The molecular formula is C23H34O2SSi. The third kappa shape index (κ3) is 4.72. The van der Waals surface area contributed by atoms with Crippen LogP contribution in [0.2, 0.25) is 10.1 Å². The van der Waals surface area contributed by atoms with Crippen LogP contribution in [0, 0.1) is 0 Å². The maximum atomic E-state index is 9.58. The predicted molar refractivity (Wildman–Crippen MR) is 121 cm³/mol. The minimum absolute atomic E-state index is 0.197. The molecule has 2 aromatic rings. The lowest BCUT2D eigenvalue weighted by Crippen LogP contribution is -2.63. The lowest BCUT2D eigenvalue weighted by atomic mass is 10.2. The average molecular weight is 403 g/mol. The summed E-state index contributed by atoms with van der Waals surface area (Å²) in [6.07, 6.45) is 0. The smallest absolute Gasteiger partial charge is 0.119 e. The summed E-state index contributed by atoms with van der Waals surface area (Å²) in [6, 6.07) is 16.4. The van der Waals surface area contributed by atoms with Crippen LogP contribution in [-0.4, -0.2) is 25.2 Å². The molecule has 0 heterocycles. The van der Waals surface area contributed by atoms with Crippen molar-refractivity contribution in [3.05, 3.63) is 48.5 Å². The summed E-state index contributed by atoms with van der Waals surface area (Å²) in [6.45, 7) is 17.1. The highest BCUT2D eigenvalue weighted by Gasteiger charge is 2.53. The quantitative estimate of drug-likeness (QED) is 0.449. The molecule has 0 saturated carbocycles. The van der Waals surface area contributed by atoms with Crippen LogP contribution in [0.25, 0.3) is 0 Å². The molecule has 27 heavy (non-hydrogen) atoms. The highest BCUT2D eigenvalue weighted by Crippen LogP contribution is 2.52. The molecule has 0 atom stereocenters. The largest absolute Gasteiger partial charge is 0.508 e. The fourth-order valence-corrected chi connectivity index (χ4v) is 15.0. The summed E-state index contributed by atoms with van der Waals surface area (Å²) in [7, 11) is -1.97. The van der Waals surface area contributed by atoms with Crippen LogP contribution in [0.4, 0.5) is 0 Å². The molecule has 4 heteroatoms. The number of thioether (sulfide) groups is 1. The lowest BCUT2D eigenvalue weighted by Gasteiger charge is -2.52. The molecular weight excluding hydrogens is 368 g/mol. The first-order valence-electron chi connectivity index (χ1n) is 9.66. The fraction of sp³-hybridized carbons (Fsp3) is 0.478. The number of aromatic hydroxyl groups is 1. The van der Waals surface area contributed by atoms with Gasteiger partial charge in [0.15, 0.2) is 0 Å². The summed E-state index contributed by atoms with van der Waals surface area (Å²) in [5.74, 6) is 1.26. The molecule has 148 valence electrons. The number of hydrogen-bond donors (Lipinski definition) is 1. The molecule has 0 saturated heterocycles. The molecule has 0 amide bonds. The van der Waals surface area contributed by atoms with Gasteiger partial charge in [-0.3, -0.25) is 0 Å². The first kappa shape index (κ1) is 21.9. The van der Waals surface area contributed by atoms with E-state index in [1.807, 2.05) is 30.8 Å². The van der Waals surface area contributed by atoms with E-state index in [1.54, 1.807) is 12.1 Å². The second kappa shape index (κ2) is 8.32. The van der Waals surface area contributed by atoms with Crippen LogP contribution >= 0.6 is 11.8 Å². The zero-order valence-corrected chi connectivity index (χ0v) is 19.6. The molecule has 0 aliphatic carbocycles. The highest BCUT2D eigenvalue weighted by molar-refractivity contribution is 8.01. The van der Waals surface area contributed by atoms with E-state index in [4.69, 9.17) is 4.74 Å². The van der Waals surface area contributed by atoms with Gasteiger partial charge in [0.2, 0.25) is 0 Å². The number of benzene rings is 2. The molecule has 0 bridgehead atoms. The summed E-state index contributed by atoms with van der Waals surface area (Å²) >= 11 is 1.92. The molecule has 0 aliphatic heterocycles. The van der Waals surface area contributed by atoms with E-state index in [1.165, 1.54) is 10.1 Å². The van der Waals surface area contributed by atoms with E-state index in [0.717, 1.165) is 11.1 Å². The van der Waals surface area contributed by atoms with Crippen LogP contribution in [-0.2, 0) is 0 Å². The zero-order chi connectivity index (χ0) is 20.3. The van der Waals surface area contributed by atoms with Gasteiger partial charge in [-0.15, -0.1) is 11.8 Å². The third-order valence-corrected chi connectivity index (χ3v) is 14.9. The number of ether oxygens (including phenoxy) is 1. The monoisotopic (exact) mass is 402 g/mol. The number of hydrogen-bond acceptors (Lipinski definition) is 3. The minimum Gasteiger partial charge on any atom is -0.508 e. The maximum absolute atomic E-state index is 9.58. The highest BCUT2D eigenvalue weighted by atomic mass is 32.2. The number of phenolic OH excluding ortho intramolecular Hbond substituents is 1. The van der Waals surface area contributed by atoms with Gasteiger partial charge in [0, 0.05) is 4.90 Å². The normalized spacial score (nSPS) is 12.9. The van der Waals surface area contributed by atoms with E-state index in [2.05, 4.69) is 65.8 Å². The van der Waals surface area contributed by atoms with Gasteiger partial charge in [0.25, 0.3) is 0 Å². The van der Waals surface area contributed by atoms with Crippen molar-refractivity contribution < 1.29 is 9.84 Å². The van der Waals surface area contributed by atoms with Gasteiger partial charge in [-0.25, -0.2) is 0 Å². The van der Waals surface area contributed by atoms with Gasteiger partial charge in [-0.05, 0) is 58.8 Å². The van der Waals surface area contributed by atoms with Crippen molar-refractivity contribution in [2.24, 2.45) is 0 Å². The standard InChI is InChI=1S/C23H34O2SSi/c1-8-25-19-11-15-21(16-12-19)27(22(2,3)4,23(5,6)7)17-26-20-13-9-18(24)10-14-20/h9-16,24H,8,17H2,1-7H3. The Balaban J connectivity index is 2.48. The molecule has 2 nitrogen and oxygen atoms in total. The van der Waals surface area contributed by atoms with Gasteiger partial charge in [-0.1, -0.05) is 58.9 Å². The van der Waals surface area contributed by atoms with Crippen molar-refractivity contribution in [1.82, 2.24) is 0 Å². The van der Waals surface area contributed by atoms with E-state index in [9.17, 15) is 5.11 Å². The zero-order valence-electron chi connectivity index (χ0n) is 17.8. The second-order valence-electron chi connectivity index (χ2n) is 9.15. The molecule has 0 unspecified atom stereocenters. The van der Waals surface area contributed by atoms with Gasteiger partial charge in [0.1, 0.15) is 19.6 Å². The topological polar surface area (TPSA) is 29.5 Å². The Bertz CT molecular complexity index is 711. The van der Waals surface area contributed by atoms with Gasteiger partial charge < -0.3 is 9.84 Å². The Morgan fingerprint density at radius 1 is 0.852 bits per heavy atom. The SMILES string of the molecule is CCOc1ccc([Si](CSc2ccc(O)cc2)(C(C)(C)C)C(C)(C)C)cc1. The molecule has 0 spiro atoms. The maximum Gasteiger partial charge on any atom is 0.119 e. The van der Waals surface area contributed by atoms with E-state index >= 15 is 0 Å². The van der Waals surface area contributed by atoms with Crippen LogP contribution in [0.5, 0.6) is 11.5 Å². The van der Waals surface area contributed by atoms with Crippen molar-refractivity contribution in [1.29, 1.82) is 0 Å². The first-order chi connectivity index (χ1) is 12.5. The molecule has 2 aromatic carbocycles. The lowest BCUT2D eigenvalue weighted by molar-refractivity contribution is 0.340. The van der Waals surface area contributed by atoms with E-state index in [0.29, 0.717) is 12.4 Å². The number of phenols is 1. The molecule has 2 rings (SSSR count). The molecule has 0 fully saturated rings. The Morgan fingerprint density at radius 2 is 1.37 bits per heavy atom. The van der Waals surface area contributed by atoms with Crippen molar-refractivity contribution in [2.45, 2.75) is 63.4 Å². The molecule has 0 aromatic heterocycles. The summed E-state index contributed by atoms with van der Waals surface area (Å²) < 4.78 is 5.67. The Morgan fingerprint density at radius 3 is 1.81 bits per heavy atom. The average Bonchev–Trinajstić information content (AvgIpc) is 2.56.